The van der Waals surface area contributed by atoms with Crippen molar-refractivity contribution in [2.45, 2.75) is 44.9 Å². The summed E-state index contributed by atoms with van der Waals surface area (Å²) in [6.45, 7) is 2.59. The molecule has 2 fully saturated rings. The van der Waals surface area contributed by atoms with Gasteiger partial charge in [0, 0.05) is 19.6 Å². The van der Waals surface area contributed by atoms with Crippen molar-refractivity contribution in [2.75, 3.05) is 19.6 Å². The smallest absolute Gasteiger partial charge is 0.323 e. The van der Waals surface area contributed by atoms with Gasteiger partial charge < -0.3 is 4.90 Å². The van der Waals surface area contributed by atoms with E-state index in [1.54, 1.807) is 0 Å². The summed E-state index contributed by atoms with van der Waals surface area (Å²) in [6.07, 6.45) is 8.91. The molecular formula is C12H21N2O. The minimum absolute atomic E-state index is 0.0329. The van der Waals surface area contributed by atoms with Crippen molar-refractivity contribution < 1.29 is 4.79 Å². The van der Waals surface area contributed by atoms with E-state index in [0.717, 1.165) is 44.8 Å². The van der Waals surface area contributed by atoms with Crippen LogP contribution in [0.5, 0.6) is 0 Å². The molecule has 1 aliphatic carbocycles. The minimum atomic E-state index is 0.0329. The van der Waals surface area contributed by atoms with Gasteiger partial charge in [-0.1, -0.05) is 25.7 Å². The van der Waals surface area contributed by atoms with Crippen LogP contribution in [0, 0.1) is 5.92 Å². The molecule has 2 amide bonds. The van der Waals surface area contributed by atoms with Crippen LogP contribution >= 0.6 is 0 Å². The summed E-state index contributed by atoms with van der Waals surface area (Å²) >= 11 is 0. The van der Waals surface area contributed by atoms with Crippen molar-refractivity contribution in [3.05, 3.63) is 0 Å². The lowest BCUT2D eigenvalue weighted by Crippen LogP contribution is -2.34. The summed E-state index contributed by atoms with van der Waals surface area (Å²) in [4.78, 5) is 13.5. The van der Waals surface area contributed by atoms with Gasteiger partial charge in [-0.05, 0) is 25.2 Å². The largest absolute Gasteiger partial charge is 0.338 e. The fourth-order valence-corrected chi connectivity index (χ4v) is 2.65. The molecule has 85 valence electrons. The summed E-state index contributed by atoms with van der Waals surface area (Å²) in [6, 6.07) is 0.0329. The molecule has 3 nitrogen and oxygen atoms in total. The van der Waals surface area contributed by atoms with Gasteiger partial charge >= 0.3 is 6.03 Å². The highest BCUT2D eigenvalue weighted by molar-refractivity contribution is 5.74. The molecule has 2 aliphatic rings. The second-order valence-corrected chi connectivity index (χ2v) is 4.80. The van der Waals surface area contributed by atoms with Crippen LogP contribution in [-0.4, -0.2) is 30.6 Å². The lowest BCUT2D eigenvalue weighted by molar-refractivity contribution is 0.207. The fraction of sp³-hybridized carbons (Fsp3) is 0.917. The number of rotatable bonds is 3. The Hall–Kier alpha value is -0.730. The zero-order chi connectivity index (χ0) is 10.5. The van der Waals surface area contributed by atoms with E-state index in [9.17, 15) is 4.79 Å². The van der Waals surface area contributed by atoms with E-state index < -0.39 is 0 Å². The molecule has 0 spiro atoms. The molecular weight excluding hydrogens is 188 g/mol. The van der Waals surface area contributed by atoms with Crippen molar-refractivity contribution in [2.24, 2.45) is 5.92 Å². The fourth-order valence-electron chi connectivity index (χ4n) is 2.65. The minimum Gasteiger partial charge on any atom is -0.323 e. The van der Waals surface area contributed by atoms with Crippen molar-refractivity contribution in [1.29, 1.82) is 0 Å². The number of hydrogen-bond acceptors (Lipinski definition) is 1. The molecule has 1 saturated carbocycles. The Morgan fingerprint density at radius 1 is 1.13 bits per heavy atom. The van der Waals surface area contributed by atoms with Crippen molar-refractivity contribution in [1.82, 2.24) is 10.2 Å². The van der Waals surface area contributed by atoms with E-state index in [1.807, 2.05) is 4.90 Å². The molecule has 0 aromatic heterocycles. The first kappa shape index (κ1) is 10.8. The van der Waals surface area contributed by atoms with E-state index in [1.165, 1.54) is 25.7 Å². The second-order valence-electron chi connectivity index (χ2n) is 4.80. The Morgan fingerprint density at radius 2 is 1.80 bits per heavy atom. The molecule has 1 radical (unpaired) electrons. The van der Waals surface area contributed by atoms with Crippen LogP contribution in [0.2, 0.25) is 0 Å². The Labute approximate surface area is 92.2 Å². The summed E-state index contributed by atoms with van der Waals surface area (Å²) < 4.78 is 0. The van der Waals surface area contributed by atoms with E-state index in [4.69, 9.17) is 0 Å². The molecule has 2 rings (SSSR count). The van der Waals surface area contributed by atoms with E-state index >= 15 is 0 Å². The first-order valence-corrected chi connectivity index (χ1v) is 6.32. The molecule has 0 bridgehead atoms. The Kier molecular flexibility index (Phi) is 3.87. The van der Waals surface area contributed by atoms with Gasteiger partial charge in [0.1, 0.15) is 0 Å². The highest BCUT2D eigenvalue weighted by Crippen LogP contribution is 2.27. The molecule has 1 heterocycles. The SMILES string of the molecule is O=C([N]CCC1CCCC1)N1CCCC1. The molecule has 0 unspecified atom stereocenters. The lowest BCUT2D eigenvalue weighted by Gasteiger charge is -2.15. The average Bonchev–Trinajstić information content (AvgIpc) is 2.90. The number of likely N-dealkylation sites (tertiary alicyclic amines) is 1. The third-order valence-electron chi connectivity index (χ3n) is 3.64. The average molecular weight is 209 g/mol. The number of carbonyl (C=O) groups excluding carboxylic acids is 1. The Morgan fingerprint density at radius 3 is 2.47 bits per heavy atom. The first-order valence-electron chi connectivity index (χ1n) is 6.32. The topological polar surface area (TPSA) is 34.4 Å². The Bertz CT molecular complexity index is 206. The molecule has 1 saturated heterocycles. The highest BCUT2D eigenvalue weighted by atomic mass is 16.2. The van der Waals surface area contributed by atoms with Gasteiger partial charge in [-0.25, -0.2) is 10.1 Å². The van der Waals surface area contributed by atoms with Crippen LogP contribution in [-0.2, 0) is 0 Å². The molecule has 0 N–H and O–H groups in total. The van der Waals surface area contributed by atoms with Crippen molar-refractivity contribution >= 4 is 6.03 Å². The normalized spacial score (nSPS) is 22.3. The maximum absolute atomic E-state index is 11.6. The maximum Gasteiger partial charge on any atom is 0.338 e. The zero-order valence-corrected chi connectivity index (χ0v) is 9.45. The third kappa shape index (κ3) is 3.11. The number of hydrogen-bond donors (Lipinski definition) is 0. The van der Waals surface area contributed by atoms with Crippen molar-refractivity contribution in [3.8, 4) is 0 Å². The Balaban J connectivity index is 1.58. The second kappa shape index (κ2) is 5.38. The lowest BCUT2D eigenvalue weighted by atomic mass is 10.0. The van der Waals surface area contributed by atoms with Crippen LogP contribution in [0.4, 0.5) is 4.79 Å². The van der Waals surface area contributed by atoms with Gasteiger partial charge in [0.2, 0.25) is 0 Å². The number of amides is 2. The predicted octanol–water partition coefficient (Wildman–Crippen LogP) is 2.39. The first-order chi connectivity index (χ1) is 7.36. The predicted molar refractivity (Wildman–Crippen MR) is 59.8 cm³/mol. The molecule has 0 aromatic rings. The summed E-state index contributed by atoms with van der Waals surface area (Å²) in [5, 5.41) is 4.16. The van der Waals surface area contributed by atoms with Gasteiger partial charge in [-0.2, -0.15) is 0 Å². The van der Waals surface area contributed by atoms with Crippen LogP contribution in [0.15, 0.2) is 0 Å². The summed E-state index contributed by atoms with van der Waals surface area (Å²) in [7, 11) is 0. The van der Waals surface area contributed by atoms with E-state index in [2.05, 4.69) is 5.32 Å². The van der Waals surface area contributed by atoms with Crippen molar-refractivity contribution in [3.63, 3.8) is 0 Å². The van der Waals surface area contributed by atoms with Crippen LogP contribution in [0.1, 0.15) is 44.9 Å². The van der Waals surface area contributed by atoms with E-state index in [0.29, 0.717) is 0 Å². The van der Waals surface area contributed by atoms with Gasteiger partial charge in [-0.15, -0.1) is 0 Å². The van der Waals surface area contributed by atoms with Crippen LogP contribution < -0.4 is 5.32 Å². The van der Waals surface area contributed by atoms with Crippen LogP contribution in [0.25, 0.3) is 0 Å². The molecule has 1 aliphatic heterocycles. The molecule has 0 atom stereocenters. The maximum atomic E-state index is 11.6. The standard InChI is InChI=1S/C12H21N2O/c15-12(14-9-3-4-10-14)13-8-7-11-5-1-2-6-11/h11H,1-10H2. The molecule has 15 heavy (non-hydrogen) atoms. The monoisotopic (exact) mass is 209 g/mol. The summed E-state index contributed by atoms with van der Waals surface area (Å²) in [5.74, 6) is 0.847. The molecule has 3 heteroatoms. The highest BCUT2D eigenvalue weighted by Gasteiger charge is 2.19. The quantitative estimate of drug-likeness (QED) is 0.702. The third-order valence-corrected chi connectivity index (χ3v) is 3.64. The zero-order valence-electron chi connectivity index (χ0n) is 9.45. The van der Waals surface area contributed by atoms with E-state index in [-0.39, 0.29) is 6.03 Å². The van der Waals surface area contributed by atoms with Gasteiger partial charge in [-0.3, -0.25) is 0 Å². The van der Waals surface area contributed by atoms with Crippen LogP contribution in [0.3, 0.4) is 0 Å². The number of carbonyl (C=O) groups is 1. The molecule has 0 aromatic carbocycles. The summed E-state index contributed by atoms with van der Waals surface area (Å²) in [5.41, 5.74) is 0. The van der Waals surface area contributed by atoms with Gasteiger partial charge in [0.05, 0.1) is 0 Å². The number of nitrogens with zero attached hydrogens (tertiary/aromatic N) is 2. The van der Waals surface area contributed by atoms with Gasteiger partial charge in [0.25, 0.3) is 0 Å². The number of urea groups is 1. The van der Waals surface area contributed by atoms with Gasteiger partial charge in [0.15, 0.2) is 0 Å².